The SMILES string of the molecule is CC1=C[C@H]2C[C@@H]1C1C(=O)OC(=O)C12. The summed E-state index contributed by atoms with van der Waals surface area (Å²) in [5.41, 5.74) is 1.26. The Morgan fingerprint density at radius 1 is 1.31 bits per heavy atom. The van der Waals surface area contributed by atoms with Crippen LogP contribution in [0.4, 0.5) is 0 Å². The maximum Gasteiger partial charge on any atom is 0.318 e. The lowest BCUT2D eigenvalue weighted by Crippen LogP contribution is -2.23. The first-order chi connectivity index (χ1) is 6.18. The molecule has 1 aliphatic heterocycles. The van der Waals surface area contributed by atoms with Gasteiger partial charge in [0.1, 0.15) is 0 Å². The molecule has 0 aromatic rings. The minimum Gasteiger partial charge on any atom is -0.393 e. The number of ether oxygens (including phenoxy) is 1. The van der Waals surface area contributed by atoms with E-state index in [9.17, 15) is 9.59 Å². The predicted octanol–water partition coefficient (Wildman–Crippen LogP) is 0.898. The highest BCUT2D eigenvalue weighted by atomic mass is 16.6. The van der Waals surface area contributed by atoms with E-state index < -0.39 is 0 Å². The van der Waals surface area contributed by atoms with Crippen molar-refractivity contribution in [2.24, 2.45) is 23.7 Å². The molecular weight excluding hydrogens is 168 g/mol. The largest absolute Gasteiger partial charge is 0.393 e. The third kappa shape index (κ3) is 0.705. The summed E-state index contributed by atoms with van der Waals surface area (Å²) in [6.45, 7) is 2.04. The highest BCUT2D eigenvalue weighted by Gasteiger charge is 2.59. The van der Waals surface area contributed by atoms with Crippen LogP contribution in [0.15, 0.2) is 11.6 Å². The Labute approximate surface area is 75.8 Å². The smallest absolute Gasteiger partial charge is 0.318 e. The second-order valence-corrected chi connectivity index (χ2v) is 4.21. The zero-order chi connectivity index (χ0) is 9.16. The summed E-state index contributed by atoms with van der Waals surface area (Å²) in [5, 5.41) is 0. The van der Waals surface area contributed by atoms with Crippen LogP contribution >= 0.6 is 0 Å². The molecule has 0 spiro atoms. The zero-order valence-electron chi connectivity index (χ0n) is 7.32. The van der Waals surface area contributed by atoms with Gasteiger partial charge in [0.25, 0.3) is 0 Å². The van der Waals surface area contributed by atoms with Gasteiger partial charge in [-0.05, 0) is 25.2 Å². The van der Waals surface area contributed by atoms with E-state index >= 15 is 0 Å². The van der Waals surface area contributed by atoms with E-state index in [1.807, 2.05) is 6.92 Å². The van der Waals surface area contributed by atoms with Gasteiger partial charge in [-0.1, -0.05) is 11.6 Å². The molecule has 68 valence electrons. The number of carbonyl (C=O) groups excluding carboxylic acids is 2. The van der Waals surface area contributed by atoms with Crippen molar-refractivity contribution in [1.29, 1.82) is 0 Å². The second-order valence-electron chi connectivity index (χ2n) is 4.21. The van der Waals surface area contributed by atoms with Crippen LogP contribution < -0.4 is 0 Å². The highest BCUT2D eigenvalue weighted by Crippen LogP contribution is 2.54. The molecule has 0 aromatic carbocycles. The quantitative estimate of drug-likeness (QED) is 0.314. The van der Waals surface area contributed by atoms with Crippen LogP contribution in [0.2, 0.25) is 0 Å². The molecule has 0 N–H and O–H groups in total. The molecule has 13 heavy (non-hydrogen) atoms. The number of allylic oxidation sites excluding steroid dienone is 2. The summed E-state index contributed by atoms with van der Waals surface area (Å²) in [5.74, 6) is -0.340. The summed E-state index contributed by atoms with van der Waals surface area (Å²) in [7, 11) is 0. The van der Waals surface area contributed by atoms with Gasteiger partial charge in [0.2, 0.25) is 0 Å². The van der Waals surface area contributed by atoms with Crippen LogP contribution in [0.5, 0.6) is 0 Å². The average Bonchev–Trinajstić information content (AvgIpc) is 2.64. The van der Waals surface area contributed by atoms with Gasteiger partial charge < -0.3 is 4.74 Å². The fourth-order valence-electron chi connectivity index (χ4n) is 3.07. The van der Waals surface area contributed by atoms with Crippen LogP contribution in [0, 0.1) is 23.7 Å². The van der Waals surface area contributed by atoms with Gasteiger partial charge in [0.05, 0.1) is 11.8 Å². The Morgan fingerprint density at radius 2 is 2.00 bits per heavy atom. The number of rotatable bonds is 0. The maximum absolute atomic E-state index is 11.3. The molecule has 3 heteroatoms. The lowest BCUT2D eigenvalue weighted by molar-refractivity contribution is -0.154. The normalized spacial score (nSPS) is 46.4. The van der Waals surface area contributed by atoms with Crippen LogP contribution in [-0.4, -0.2) is 11.9 Å². The Morgan fingerprint density at radius 3 is 2.77 bits per heavy atom. The van der Waals surface area contributed by atoms with Gasteiger partial charge >= 0.3 is 11.9 Å². The summed E-state index contributed by atoms with van der Waals surface area (Å²) in [6.07, 6.45) is 3.10. The van der Waals surface area contributed by atoms with Crippen molar-refractivity contribution < 1.29 is 14.3 Å². The molecule has 2 unspecified atom stereocenters. The Bertz CT molecular complexity index is 342. The third-order valence-electron chi connectivity index (χ3n) is 3.62. The highest BCUT2D eigenvalue weighted by molar-refractivity contribution is 5.98. The zero-order valence-corrected chi connectivity index (χ0v) is 7.32. The minimum atomic E-state index is -0.300. The molecule has 2 aliphatic carbocycles. The Kier molecular flexibility index (Phi) is 1.14. The Hall–Kier alpha value is -1.12. The number of hydrogen-bond donors (Lipinski definition) is 0. The summed E-state index contributed by atoms with van der Waals surface area (Å²) >= 11 is 0. The van der Waals surface area contributed by atoms with Crippen molar-refractivity contribution in [3.8, 4) is 0 Å². The second kappa shape index (κ2) is 2.03. The minimum absolute atomic E-state index is 0.150. The van der Waals surface area contributed by atoms with E-state index in [2.05, 4.69) is 10.8 Å². The standard InChI is InChI=1S/C10H10O3/c1-4-2-5-3-6(4)8-7(5)9(11)13-10(8)12/h2,5-8H,3H2,1H3/t5-,6-,7?,8?/m0/s1. The maximum atomic E-state index is 11.3. The predicted molar refractivity (Wildman–Crippen MR) is 43.4 cm³/mol. The molecule has 1 saturated carbocycles. The van der Waals surface area contributed by atoms with Crippen LogP contribution in [0.3, 0.4) is 0 Å². The monoisotopic (exact) mass is 178 g/mol. The number of cyclic esters (lactones) is 2. The van der Waals surface area contributed by atoms with E-state index in [1.165, 1.54) is 5.57 Å². The van der Waals surface area contributed by atoms with E-state index in [0.717, 1.165) is 6.42 Å². The van der Waals surface area contributed by atoms with Crippen LogP contribution in [-0.2, 0) is 14.3 Å². The first-order valence-corrected chi connectivity index (χ1v) is 4.62. The fraction of sp³-hybridized carbons (Fsp3) is 0.600. The third-order valence-corrected chi connectivity index (χ3v) is 3.62. The van der Waals surface area contributed by atoms with E-state index in [-0.39, 0.29) is 35.6 Å². The Balaban J connectivity index is 2.08. The fourth-order valence-corrected chi connectivity index (χ4v) is 3.07. The number of fused-ring (bicyclic) bond motifs is 5. The average molecular weight is 178 g/mol. The van der Waals surface area contributed by atoms with Gasteiger partial charge in [-0.15, -0.1) is 0 Å². The van der Waals surface area contributed by atoms with Crippen molar-refractivity contribution in [3.63, 3.8) is 0 Å². The van der Waals surface area contributed by atoms with Gasteiger partial charge in [-0.2, -0.15) is 0 Å². The molecular formula is C10H10O3. The van der Waals surface area contributed by atoms with Gasteiger partial charge in [0.15, 0.2) is 0 Å². The molecule has 3 rings (SSSR count). The molecule has 0 amide bonds. The van der Waals surface area contributed by atoms with Crippen molar-refractivity contribution in [2.45, 2.75) is 13.3 Å². The summed E-state index contributed by atoms with van der Waals surface area (Å²) in [4.78, 5) is 22.6. The lowest BCUT2D eigenvalue weighted by atomic mass is 9.82. The lowest BCUT2D eigenvalue weighted by Gasteiger charge is -2.17. The summed E-state index contributed by atoms with van der Waals surface area (Å²) < 4.78 is 4.65. The number of carbonyl (C=O) groups is 2. The van der Waals surface area contributed by atoms with E-state index in [0.29, 0.717) is 0 Å². The molecule has 2 fully saturated rings. The number of hydrogen-bond acceptors (Lipinski definition) is 3. The molecule has 0 radical (unpaired) electrons. The molecule has 0 aromatic heterocycles. The van der Waals surface area contributed by atoms with Crippen molar-refractivity contribution >= 4 is 11.9 Å². The van der Waals surface area contributed by atoms with E-state index in [1.54, 1.807) is 0 Å². The number of esters is 2. The molecule has 1 saturated heterocycles. The van der Waals surface area contributed by atoms with Gasteiger partial charge in [-0.25, -0.2) is 0 Å². The molecule has 3 aliphatic rings. The van der Waals surface area contributed by atoms with E-state index in [4.69, 9.17) is 0 Å². The van der Waals surface area contributed by atoms with Crippen molar-refractivity contribution in [3.05, 3.63) is 11.6 Å². The van der Waals surface area contributed by atoms with Crippen LogP contribution in [0.1, 0.15) is 13.3 Å². The topological polar surface area (TPSA) is 43.4 Å². The van der Waals surface area contributed by atoms with Gasteiger partial charge in [-0.3, -0.25) is 9.59 Å². The molecule has 1 heterocycles. The molecule has 3 nitrogen and oxygen atoms in total. The first kappa shape index (κ1) is 7.30. The first-order valence-electron chi connectivity index (χ1n) is 4.62. The van der Waals surface area contributed by atoms with Crippen LogP contribution in [0.25, 0.3) is 0 Å². The molecule has 4 atom stereocenters. The molecule has 2 bridgehead atoms. The van der Waals surface area contributed by atoms with Crippen molar-refractivity contribution in [1.82, 2.24) is 0 Å². The van der Waals surface area contributed by atoms with Gasteiger partial charge in [0, 0.05) is 0 Å². The summed E-state index contributed by atoms with van der Waals surface area (Å²) in [6, 6.07) is 0. The van der Waals surface area contributed by atoms with Crippen molar-refractivity contribution in [2.75, 3.05) is 0 Å².